The monoisotopic (exact) mass is 388 g/mol. The summed E-state index contributed by atoms with van der Waals surface area (Å²) in [5.74, 6) is 0.834. The van der Waals surface area contributed by atoms with Crippen molar-refractivity contribution in [3.8, 4) is 0 Å². The van der Waals surface area contributed by atoms with Gasteiger partial charge in [-0.05, 0) is 29.3 Å². The molecule has 1 amide bonds. The van der Waals surface area contributed by atoms with E-state index in [1.807, 2.05) is 53.2 Å². The third-order valence-corrected chi connectivity index (χ3v) is 5.48. The van der Waals surface area contributed by atoms with Crippen LogP contribution in [0.5, 0.6) is 0 Å². The summed E-state index contributed by atoms with van der Waals surface area (Å²) in [6.07, 6.45) is 7.23. The molecule has 0 radical (unpaired) electrons. The smallest absolute Gasteiger partial charge is 0.240 e. The highest BCUT2D eigenvalue weighted by atomic mass is 32.2. The predicted molar refractivity (Wildman–Crippen MR) is 112 cm³/mol. The first-order valence-electron chi connectivity index (χ1n) is 9.06. The molecule has 0 saturated heterocycles. The van der Waals surface area contributed by atoms with Crippen LogP contribution >= 0.6 is 11.8 Å². The number of hydrogen-bond donors (Lipinski definition) is 1. The number of amides is 1. The Morgan fingerprint density at radius 3 is 2.68 bits per heavy atom. The van der Waals surface area contributed by atoms with Gasteiger partial charge in [-0.3, -0.25) is 9.78 Å². The van der Waals surface area contributed by atoms with Crippen molar-refractivity contribution in [3.05, 3.63) is 90.5 Å². The van der Waals surface area contributed by atoms with Crippen molar-refractivity contribution in [2.75, 3.05) is 0 Å². The van der Waals surface area contributed by atoms with Crippen molar-refractivity contribution in [3.63, 3.8) is 0 Å². The third-order valence-electron chi connectivity index (χ3n) is 4.41. The van der Waals surface area contributed by atoms with Crippen molar-refractivity contribution < 1.29 is 4.79 Å². The zero-order valence-electron chi connectivity index (χ0n) is 15.3. The molecule has 4 aromatic rings. The molecule has 0 bridgehead atoms. The minimum atomic E-state index is -0.0309. The summed E-state index contributed by atoms with van der Waals surface area (Å²) in [5, 5.41) is 5.00. The molecule has 4 rings (SSSR count). The van der Waals surface area contributed by atoms with Crippen molar-refractivity contribution in [1.82, 2.24) is 19.9 Å². The van der Waals surface area contributed by atoms with E-state index in [1.165, 1.54) is 5.56 Å². The van der Waals surface area contributed by atoms with E-state index in [0.29, 0.717) is 6.54 Å². The number of carbonyl (C=O) groups is 1. The number of nitrogens with one attached hydrogen (secondary N) is 1. The molecule has 140 valence electrons. The van der Waals surface area contributed by atoms with Crippen LogP contribution in [0.15, 0.2) is 84.4 Å². The van der Waals surface area contributed by atoms with E-state index in [9.17, 15) is 4.79 Å². The van der Waals surface area contributed by atoms with E-state index in [0.717, 1.165) is 27.2 Å². The van der Waals surface area contributed by atoms with Crippen molar-refractivity contribution in [2.45, 2.75) is 23.9 Å². The molecule has 0 fully saturated rings. The highest BCUT2D eigenvalue weighted by Gasteiger charge is 2.10. The van der Waals surface area contributed by atoms with Crippen LogP contribution in [-0.4, -0.2) is 20.4 Å². The van der Waals surface area contributed by atoms with E-state index < -0.39 is 0 Å². The van der Waals surface area contributed by atoms with Crippen LogP contribution in [0.25, 0.3) is 10.9 Å². The fraction of sp³-hybridized carbons (Fsp3) is 0.136. The number of nitrogens with zero attached hydrogens (tertiary/aromatic N) is 3. The van der Waals surface area contributed by atoms with Crippen molar-refractivity contribution >= 4 is 28.6 Å². The lowest BCUT2D eigenvalue weighted by Gasteiger charge is -2.08. The summed E-state index contributed by atoms with van der Waals surface area (Å²) in [7, 11) is 0. The lowest BCUT2D eigenvalue weighted by molar-refractivity contribution is -0.121. The number of carbonyl (C=O) groups excluding carboxylic acids is 1. The van der Waals surface area contributed by atoms with Crippen LogP contribution in [0.1, 0.15) is 11.1 Å². The minimum absolute atomic E-state index is 0.0309. The second-order valence-electron chi connectivity index (χ2n) is 6.40. The summed E-state index contributed by atoms with van der Waals surface area (Å²) in [4.78, 5) is 20.9. The van der Waals surface area contributed by atoms with Crippen LogP contribution in [0.3, 0.4) is 0 Å². The maximum absolute atomic E-state index is 12.3. The molecule has 0 aliphatic rings. The molecule has 0 atom stereocenters. The molecule has 0 aliphatic carbocycles. The molecule has 1 N–H and O–H groups in total. The largest absolute Gasteiger partial charge is 0.350 e. The average molecular weight is 388 g/mol. The summed E-state index contributed by atoms with van der Waals surface area (Å²) in [5.41, 5.74) is 3.26. The van der Waals surface area contributed by atoms with E-state index in [4.69, 9.17) is 0 Å². The lowest BCUT2D eigenvalue weighted by Crippen LogP contribution is -2.26. The van der Waals surface area contributed by atoms with Crippen LogP contribution in [0.4, 0.5) is 0 Å². The summed E-state index contributed by atoms with van der Waals surface area (Å²) >= 11 is 1.71. The zero-order chi connectivity index (χ0) is 19.2. The molecule has 0 spiro atoms. The second kappa shape index (κ2) is 8.71. The average Bonchev–Trinajstić information content (AvgIpc) is 3.15. The first-order chi connectivity index (χ1) is 13.8. The molecule has 3 heterocycles. The van der Waals surface area contributed by atoms with Gasteiger partial charge in [-0.2, -0.15) is 0 Å². The molecule has 3 aromatic heterocycles. The van der Waals surface area contributed by atoms with Crippen LogP contribution in [0.2, 0.25) is 0 Å². The number of hydrogen-bond acceptors (Lipinski definition) is 4. The summed E-state index contributed by atoms with van der Waals surface area (Å²) < 4.78 is 1.96. The molecule has 0 unspecified atom stereocenters. The van der Waals surface area contributed by atoms with Crippen molar-refractivity contribution in [2.24, 2.45) is 0 Å². The maximum atomic E-state index is 12.3. The molecule has 5 nitrogen and oxygen atoms in total. The Balaban J connectivity index is 1.43. The molecule has 1 aromatic carbocycles. The summed E-state index contributed by atoms with van der Waals surface area (Å²) in [6.45, 7) is 0.752. The number of thioether (sulfide) groups is 1. The van der Waals surface area contributed by atoms with Gasteiger partial charge in [0.2, 0.25) is 5.91 Å². The first kappa shape index (κ1) is 18.3. The van der Waals surface area contributed by atoms with Crippen LogP contribution in [0, 0.1) is 0 Å². The van der Waals surface area contributed by atoms with Gasteiger partial charge in [-0.1, -0.05) is 36.4 Å². The number of rotatable bonds is 7. The number of pyridine rings is 2. The zero-order valence-corrected chi connectivity index (χ0v) is 16.1. The Morgan fingerprint density at radius 2 is 1.86 bits per heavy atom. The van der Waals surface area contributed by atoms with Crippen molar-refractivity contribution in [1.29, 1.82) is 0 Å². The third kappa shape index (κ3) is 4.40. The van der Waals surface area contributed by atoms with E-state index in [2.05, 4.69) is 27.4 Å². The Morgan fingerprint density at radius 1 is 1.00 bits per heavy atom. The predicted octanol–water partition coefficient (Wildman–Crippen LogP) is 4.04. The minimum Gasteiger partial charge on any atom is -0.350 e. The van der Waals surface area contributed by atoms with Gasteiger partial charge in [0.25, 0.3) is 0 Å². The number of fused-ring (bicyclic) bond motifs is 1. The Bertz CT molecular complexity index is 1060. The first-order valence-corrected chi connectivity index (χ1v) is 10.0. The fourth-order valence-corrected chi connectivity index (χ4v) is 3.95. The lowest BCUT2D eigenvalue weighted by atomic mass is 10.2. The van der Waals surface area contributed by atoms with Gasteiger partial charge in [0, 0.05) is 42.5 Å². The van der Waals surface area contributed by atoms with Gasteiger partial charge in [-0.15, -0.1) is 11.8 Å². The second-order valence-corrected chi connectivity index (χ2v) is 7.37. The molecule has 0 aliphatic heterocycles. The maximum Gasteiger partial charge on any atom is 0.240 e. The van der Waals surface area contributed by atoms with Crippen LogP contribution < -0.4 is 5.32 Å². The standard InChI is InChI=1S/C22H20N4OS/c27-21(25-14-18-7-4-10-23-13-18)15-26-12-9-19-20(26)8-11-24-22(19)28-16-17-5-2-1-3-6-17/h1-13H,14-16H2,(H,25,27). The van der Waals surface area contributed by atoms with Gasteiger partial charge in [0.05, 0.1) is 5.52 Å². The van der Waals surface area contributed by atoms with E-state index >= 15 is 0 Å². The molecular weight excluding hydrogens is 368 g/mol. The van der Waals surface area contributed by atoms with Gasteiger partial charge in [-0.25, -0.2) is 4.98 Å². The molecule has 0 saturated carbocycles. The number of benzene rings is 1. The van der Waals surface area contributed by atoms with Gasteiger partial charge >= 0.3 is 0 Å². The van der Waals surface area contributed by atoms with E-state index in [-0.39, 0.29) is 12.5 Å². The van der Waals surface area contributed by atoms with Gasteiger partial charge in [0.15, 0.2) is 0 Å². The van der Waals surface area contributed by atoms with Gasteiger partial charge < -0.3 is 9.88 Å². The summed E-state index contributed by atoms with van der Waals surface area (Å²) in [6, 6.07) is 18.1. The van der Waals surface area contributed by atoms with Crippen LogP contribution in [-0.2, 0) is 23.6 Å². The highest BCUT2D eigenvalue weighted by molar-refractivity contribution is 7.98. The van der Waals surface area contributed by atoms with E-state index in [1.54, 1.807) is 30.4 Å². The fourth-order valence-electron chi connectivity index (χ4n) is 2.99. The quantitative estimate of drug-likeness (QED) is 0.486. The molecule has 28 heavy (non-hydrogen) atoms. The molecular formula is C22H20N4OS. The Labute approximate surface area is 167 Å². The Hall–Kier alpha value is -3.12. The number of aromatic nitrogens is 3. The Kier molecular flexibility index (Phi) is 5.68. The highest BCUT2D eigenvalue weighted by Crippen LogP contribution is 2.29. The SMILES string of the molecule is O=C(Cn1ccc2c(SCc3ccccc3)nccc21)NCc1cccnc1. The topological polar surface area (TPSA) is 59.8 Å². The van der Waals surface area contributed by atoms with Gasteiger partial charge in [0.1, 0.15) is 11.6 Å². The normalized spacial score (nSPS) is 10.9. The molecule has 6 heteroatoms.